The van der Waals surface area contributed by atoms with Crippen LogP contribution in [0.15, 0.2) is 30.4 Å². The van der Waals surface area contributed by atoms with E-state index < -0.39 is 0 Å². The molecule has 17 heavy (non-hydrogen) atoms. The topological polar surface area (TPSA) is 21.3 Å². The molecule has 0 saturated carbocycles. The van der Waals surface area contributed by atoms with E-state index in [0.29, 0.717) is 6.61 Å². The fourth-order valence-electron chi connectivity index (χ4n) is 1.48. The van der Waals surface area contributed by atoms with Crippen LogP contribution < -0.4 is 10.1 Å². The van der Waals surface area contributed by atoms with Gasteiger partial charge in [0.1, 0.15) is 5.75 Å². The molecule has 1 N–H and O–H groups in total. The third kappa shape index (κ3) is 4.41. The van der Waals surface area contributed by atoms with Crippen LogP contribution in [-0.2, 0) is 0 Å². The molecule has 1 atom stereocenters. The predicted molar refractivity (Wildman–Crippen MR) is 73.9 cm³/mol. The van der Waals surface area contributed by atoms with E-state index in [1.807, 2.05) is 32.2 Å². The van der Waals surface area contributed by atoms with Crippen LogP contribution in [0.4, 0.5) is 0 Å². The van der Waals surface area contributed by atoms with Crippen LogP contribution in [0.2, 0.25) is 5.02 Å². The van der Waals surface area contributed by atoms with E-state index >= 15 is 0 Å². The fraction of sp³-hybridized carbons (Fsp3) is 0.429. The number of hydrogen-bond donors (Lipinski definition) is 1. The Bertz CT molecular complexity index is 390. The lowest BCUT2D eigenvalue weighted by molar-refractivity contribution is 0.315. The lowest BCUT2D eigenvalue weighted by Crippen LogP contribution is -2.14. The zero-order valence-corrected chi connectivity index (χ0v) is 11.5. The van der Waals surface area contributed by atoms with Gasteiger partial charge in [-0.25, -0.2) is 0 Å². The highest BCUT2D eigenvalue weighted by molar-refractivity contribution is 6.30. The Balaban J connectivity index is 2.79. The van der Waals surface area contributed by atoms with Crippen molar-refractivity contribution >= 4 is 11.6 Å². The Morgan fingerprint density at radius 3 is 2.82 bits per heavy atom. The van der Waals surface area contributed by atoms with Crippen molar-refractivity contribution in [2.45, 2.75) is 26.3 Å². The second-order valence-corrected chi connectivity index (χ2v) is 4.68. The van der Waals surface area contributed by atoms with Crippen molar-refractivity contribution in [1.29, 1.82) is 0 Å². The largest absolute Gasteiger partial charge is 0.493 e. The molecule has 1 aromatic carbocycles. The molecule has 3 heteroatoms. The van der Waals surface area contributed by atoms with Crippen molar-refractivity contribution in [2.24, 2.45) is 0 Å². The normalized spacial score (nSPS) is 12.2. The average Bonchev–Trinajstić information content (AvgIpc) is 2.29. The minimum atomic E-state index is 0.216. The predicted octanol–water partition coefficient (Wildman–Crippen LogP) is 3.97. The molecule has 0 amide bonds. The summed E-state index contributed by atoms with van der Waals surface area (Å²) < 4.78 is 5.77. The highest BCUT2D eigenvalue weighted by Gasteiger charge is 2.10. The first-order valence-electron chi connectivity index (χ1n) is 5.78. The number of rotatable bonds is 6. The zero-order chi connectivity index (χ0) is 12.8. The SMILES string of the molecule is C=C(C)CCOc1ccc(Cl)cc1C(C)NC. The summed E-state index contributed by atoms with van der Waals surface area (Å²) >= 11 is 6.00. The van der Waals surface area contributed by atoms with Gasteiger partial charge in [0.05, 0.1) is 6.61 Å². The molecule has 0 aliphatic heterocycles. The number of benzene rings is 1. The number of hydrogen-bond acceptors (Lipinski definition) is 2. The van der Waals surface area contributed by atoms with Gasteiger partial charge in [0.25, 0.3) is 0 Å². The molecule has 0 bridgehead atoms. The van der Waals surface area contributed by atoms with E-state index in [4.69, 9.17) is 16.3 Å². The Kier molecular flexibility index (Phi) is 5.52. The van der Waals surface area contributed by atoms with Crippen LogP contribution >= 0.6 is 11.6 Å². The van der Waals surface area contributed by atoms with Gasteiger partial charge >= 0.3 is 0 Å². The Labute approximate surface area is 109 Å². The third-order valence-electron chi connectivity index (χ3n) is 2.66. The van der Waals surface area contributed by atoms with E-state index in [0.717, 1.165) is 28.3 Å². The molecule has 0 saturated heterocycles. The molecule has 0 aliphatic rings. The maximum Gasteiger partial charge on any atom is 0.124 e. The third-order valence-corrected chi connectivity index (χ3v) is 2.89. The van der Waals surface area contributed by atoms with Gasteiger partial charge in [-0.3, -0.25) is 0 Å². The molecule has 0 radical (unpaired) electrons. The molecule has 2 nitrogen and oxygen atoms in total. The summed E-state index contributed by atoms with van der Waals surface area (Å²) in [5.74, 6) is 0.887. The summed E-state index contributed by atoms with van der Waals surface area (Å²) in [4.78, 5) is 0. The molecule has 0 spiro atoms. The van der Waals surface area contributed by atoms with Crippen molar-refractivity contribution in [3.63, 3.8) is 0 Å². The average molecular weight is 254 g/mol. The van der Waals surface area contributed by atoms with E-state index in [-0.39, 0.29) is 6.04 Å². The summed E-state index contributed by atoms with van der Waals surface area (Å²) in [6.07, 6.45) is 0.871. The summed E-state index contributed by atoms with van der Waals surface area (Å²) in [6.45, 7) is 8.60. The first kappa shape index (κ1) is 14.1. The minimum Gasteiger partial charge on any atom is -0.493 e. The Morgan fingerprint density at radius 2 is 2.24 bits per heavy atom. The smallest absolute Gasteiger partial charge is 0.124 e. The molecule has 0 fully saturated rings. The van der Waals surface area contributed by atoms with Crippen molar-refractivity contribution in [1.82, 2.24) is 5.32 Å². The fourth-order valence-corrected chi connectivity index (χ4v) is 1.66. The van der Waals surface area contributed by atoms with Crippen molar-refractivity contribution in [2.75, 3.05) is 13.7 Å². The van der Waals surface area contributed by atoms with Crippen molar-refractivity contribution < 1.29 is 4.74 Å². The summed E-state index contributed by atoms with van der Waals surface area (Å²) in [5, 5.41) is 3.92. The van der Waals surface area contributed by atoms with Crippen LogP contribution in [0, 0.1) is 0 Å². The Morgan fingerprint density at radius 1 is 1.53 bits per heavy atom. The van der Waals surface area contributed by atoms with Gasteiger partial charge in [-0.1, -0.05) is 17.2 Å². The minimum absolute atomic E-state index is 0.216. The molecule has 0 aromatic heterocycles. The second-order valence-electron chi connectivity index (χ2n) is 4.25. The maximum absolute atomic E-state index is 6.00. The highest BCUT2D eigenvalue weighted by atomic mass is 35.5. The first-order valence-corrected chi connectivity index (χ1v) is 6.16. The van der Waals surface area contributed by atoms with E-state index in [2.05, 4.69) is 18.8 Å². The van der Waals surface area contributed by atoms with Gasteiger partial charge in [-0.05, 0) is 39.1 Å². The van der Waals surface area contributed by atoms with Crippen molar-refractivity contribution in [3.8, 4) is 5.75 Å². The van der Waals surface area contributed by atoms with Gasteiger partial charge in [0.15, 0.2) is 0 Å². The van der Waals surface area contributed by atoms with E-state index in [1.54, 1.807) is 0 Å². The first-order chi connectivity index (χ1) is 8.04. The second kappa shape index (κ2) is 6.67. The molecular weight excluding hydrogens is 234 g/mol. The van der Waals surface area contributed by atoms with Gasteiger partial charge in [-0.2, -0.15) is 0 Å². The highest BCUT2D eigenvalue weighted by Crippen LogP contribution is 2.28. The molecule has 1 unspecified atom stereocenters. The lowest BCUT2D eigenvalue weighted by atomic mass is 10.1. The van der Waals surface area contributed by atoms with Crippen LogP contribution in [0.25, 0.3) is 0 Å². The van der Waals surface area contributed by atoms with Crippen LogP contribution in [0.3, 0.4) is 0 Å². The maximum atomic E-state index is 6.00. The molecular formula is C14H20ClNO. The van der Waals surface area contributed by atoms with E-state index in [1.165, 1.54) is 0 Å². The van der Waals surface area contributed by atoms with Crippen LogP contribution in [0.5, 0.6) is 5.75 Å². The number of nitrogens with one attached hydrogen (secondary N) is 1. The summed E-state index contributed by atoms with van der Waals surface area (Å²) in [5.41, 5.74) is 2.21. The summed E-state index contributed by atoms with van der Waals surface area (Å²) in [7, 11) is 1.92. The van der Waals surface area contributed by atoms with Gasteiger partial charge in [0, 0.05) is 23.0 Å². The zero-order valence-electron chi connectivity index (χ0n) is 10.7. The molecule has 1 aromatic rings. The van der Waals surface area contributed by atoms with Gasteiger partial charge < -0.3 is 10.1 Å². The number of ether oxygens (including phenoxy) is 1. The van der Waals surface area contributed by atoms with Crippen LogP contribution in [-0.4, -0.2) is 13.7 Å². The standard InChI is InChI=1S/C14H20ClNO/c1-10(2)7-8-17-14-6-5-12(15)9-13(14)11(3)16-4/h5-6,9,11,16H,1,7-8H2,2-4H3. The van der Waals surface area contributed by atoms with Crippen molar-refractivity contribution in [3.05, 3.63) is 40.9 Å². The molecule has 94 valence electrons. The summed E-state index contributed by atoms with van der Waals surface area (Å²) in [6, 6.07) is 5.93. The molecule has 0 heterocycles. The van der Waals surface area contributed by atoms with Gasteiger partial charge in [0.2, 0.25) is 0 Å². The molecule has 1 rings (SSSR count). The number of halogens is 1. The van der Waals surface area contributed by atoms with Gasteiger partial charge in [-0.15, -0.1) is 6.58 Å². The monoisotopic (exact) mass is 253 g/mol. The van der Waals surface area contributed by atoms with Crippen LogP contribution in [0.1, 0.15) is 31.9 Å². The molecule has 0 aliphatic carbocycles. The quantitative estimate of drug-likeness (QED) is 0.775. The Hall–Kier alpha value is -0.990. The van der Waals surface area contributed by atoms with E-state index in [9.17, 15) is 0 Å². The lowest BCUT2D eigenvalue weighted by Gasteiger charge is -2.17.